The van der Waals surface area contributed by atoms with Crippen molar-refractivity contribution in [3.63, 3.8) is 0 Å². The minimum atomic E-state index is -3.34. The topological polar surface area (TPSA) is 75.4 Å². The molecule has 1 heterocycles. The maximum atomic E-state index is 12.1. The van der Waals surface area contributed by atoms with Crippen LogP contribution < -0.4 is 10.5 Å². The van der Waals surface area contributed by atoms with E-state index in [1.54, 1.807) is 4.31 Å². The van der Waals surface area contributed by atoms with Crippen molar-refractivity contribution < 1.29 is 8.42 Å². The second-order valence-electron chi connectivity index (χ2n) is 4.45. The van der Waals surface area contributed by atoms with Gasteiger partial charge in [0.1, 0.15) is 0 Å². The molecule has 0 aromatic heterocycles. The van der Waals surface area contributed by atoms with E-state index in [0.717, 1.165) is 37.2 Å². The molecule has 18 heavy (non-hydrogen) atoms. The first-order valence-electron chi connectivity index (χ1n) is 6.66. The fraction of sp³-hybridized carbons (Fsp3) is 1.00. The van der Waals surface area contributed by atoms with Crippen molar-refractivity contribution >= 4 is 22.0 Å². The standard InChI is InChI=1S/C11H25N3O2S2/c1-2-17-9-5-7-13-18(15,16)14-8-4-3-6-11(14)10-12/h11,13H,2-10,12H2,1H3. The van der Waals surface area contributed by atoms with Crippen LogP contribution >= 0.6 is 11.8 Å². The van der Waals surface area contributed by atoms with Crippen LogP contribution in [0.5, 0.6) is 0 Å². The van der Waals surface area contributed by atoms with Gasteiger partial charge in [-0.2, -0.15) is 24.5 Å². The summed E-state index contributed by atoms with van der Waals surface area (Å²) in [6, 6.07) is -0.0266. The van der Waals surface area contributed by atoms with Gasteiger partial charge in [-0.3, -0.25) is 0 Å². The lowest BCUT2D eigenvalue weighted by atomic mass is 10.1. The van der Waals surface area contributed by atoms with Crippen LogP contribution in [0.1, 0.15) is 32.6 Å². The summed E-state index contributed by atoms with van der Waals surface area (Å²) in [4.78, 5) is 0. The van der Waals surface area contributed by atoms with Crippen LogP contribution in [0, 0.1) is 0 Å². The van der Waals surface area contributed by atoms with Gasteiger partial charge in [0.15, 0.2) is 0 Å². The average molecular weight is 295 g/mol. The van der Waals surface area contributed by atoms with E-state index in [4.69, 9.17) is 5.73 Å². The summed E-state index contributed by atoms with van der Waals surface area (Å²) in [5, 5.41) is 0. The van der Waals surface area contributed by atoms with Crippen molar-refractivity contribution in [2.75, 3.05) is 31.1 Å². The quantitative estimate of drug-likeness (QED) is 0.649. The molecule has 7 heteroatoms. The van der Waals surface area contributed by atoms with Crippen molar-refractivity contribution in [1.82, 2.24) is 9.03 Å². The SMILES string of the molecule is CCSCCCNS(=O)(=O)N1CCCCC1CN. The molecule has 0 radical (unpaired) electrons. The molecule has 0 aromatic carbocycles. The molecular weight excluding hydrogens is 270 g/mol. The first kappa shape index (κ1) is 16.2. The highest BCUT2D eigenvalue weighted by Gasteiger charge is 2.30. The monoisotopic (exact) mass is 295 g/mol. The Morgan fingerprint density at radius 1 is 1.44 bits per heavy atom. The number of thioether (sulfide) groups is 1. The summed E-state index contributed by atoms with van der Waals surface area (Å²) in [7, 11) is -3.34. The van der Waals surface area contributed by atoms with Gasteiger partial charge in [-0.05, 0) is 30.8 Å². The Kier molecular flexibility index (Phi) is 7.55. The van der Waals surface area contributed by atoms with E-state index < -0.39 is 10.2 Å². The second-order valence-corrected chi connectivity index (χ2v) is 7.55. The smallest absolute Gasteiger partial charge is 0.279 e. The first-order valence-corrected chi connectivity index (χ1v) is 9.25. The number of nitrogens with two attached hydrogens (primary N) is 1. The lowest BCUT2D eigenvalue weighted by Crippen LogP contribution is -2.51. The van der Waals surface area contributed by atoms with Gasteiger partial charge in [-0.25, -0.2) is 4.72 Å². The van der Waals surface area contributed by atoms with Crippen LogP contribution in [0.2, 0.25) is 0 Å². The fourth-order valence-electron chi connectivity index (χ4n) is 2.13. The largest absolute Gasteiger partial charge is 0.329 e. The molecule has 1 rings (SSSR count). The summed E-state index contributed by atoms with van der Waals surface area (Å²) >= 11 is 1.83. The van der Waals surface area contributed by atoms with E-state index in [-0.39, 0.29) is 6.04 Å². The lowest BCUT2D eigenvalue weighted by molar-refractivity contribution is 0.254. The van der Waals surface area contributed by atoms with Gasteiger partial charge < -0.3 is 5.73 Å². The normalized spacial score (nSPS) is 22.2. The van der Waals surface area contributed by atoms with E-state index in [9.17, 15) is 8.42 Å². The number of rotatable bonds is 8. The second kappa shape index (κ2) is 8.37. The molecule has 5 nitrogen and oxygen atoms in total. The Balaban J connectivity index is 2.41. The predicted molar refractivity (Wildman–Crippen MR) is 77.9 cm³/mol. The Bertz CT molecular complexity index is 322. The Morgan fingerprint density at radius 2 is 2.22 bits per heavy atom. The van der Waals surface area contributed by atoms with Gasteiger partial charge in [0, 0.05) is 25.7 Å². The van der Waals surface area contributed by atoms with Crippen molar-refractivity contribution in [1.29, 1.82) is 0 Å². The van der Waals surface area contributed by atoms with Crippen LogP contribution in [-0.2, 0) is 10.2 Å². The molecule has 108 valence electrons. The lowest BCUT2D eigenvalue weighted by Gasteiger charge is -2.33. The third-order valence-corrected chi connectivity index (χ3v) is 5.76. The maximum Gasteiger partial charge on any atom is 0.279 e. The van der Waals surface area contributed by atoms with Crippen LogP contribution in [-0.4, -0.2) is 49.9 Å². The van der Waals surface area contributed by atoms with E-state index in [0.29, 0.717) is 19.6 Å². The van der Waals surface area contributed by atoms with E-state index in [1.165, 1.54) is 0 Å². The van der Waals surface area contributed by atoms with Crippen molar-refractivity contribution in [2.24, 2.45) is 5.73 Å². The van der Waals surface area contributed by atoms with E-state index in [1.807, 2.05) is 11.8 Å². The molecule has 3 N–H and O–H groups in total. The van der Waals surface area contributed by atoms with Gasteiger partial charge in [-0.15, -0.1) is 0 Å². The van der Waals surface area contributed by atoms with Gasteiger partial charge in [0.25, 0.3) is 10.2 Å². The van der Waals surface area contributed by atoms with Gasteiger partial charge in [-0.1, -0.05) is 13.3 Å². The Labute approximate surface area is 115 Å². The van der Waals surface area contributed by atoms with Crippen molar-refractivity contribution in [3.05, 3.63) is 0 Å². The first-order chi connectivity index (χ1) is 8.61. The van der Waals surface area contributed by atoms with Gasteiger partial charge >= 0.3 is 0 Å². The molecule has 0 aliphatic carbocycles. The number of hydrogen-bond donors (Lipinski definition) is 2. The van der Waals surface area contributed by atoms with Crippen LogP contribution in [0.25, 0.3) is 0 Å². The molecule has 0 amide bonds. The third-order valence-electron chi connectivity index (χ3n) is 3.11. The summed E-state index contributed by atoms with van der Waals surface area (Å²) in [6.07, 6.45) is 3.76. The summed E-state index contributed by atoms with van der Waals surface area (Å²) in [6.45, 7) is 3.63. The Morgan fingerprint density at radius 3 is 2.89 bits per heavy atom. The molecule has 1 aliphatic heterocycles. The zero-order chi connectivity index (χ0) is 13.4. The molecule has 0 aromatic rings. The zero-order valence-electron chi connectivity index (χ0n) is 11.1. The van der Waals surface area contributed by atoms with Crippen LogP contribution in [0.15, 0.2) is 0 Å². The van der Waals surface area contributed by atoms with Gasteiger partial charge in [0.2, 0.25) is 0 Å². The van der Waals surface area contributed by atoms with Crippen molar-refractivity contribution in [2.45, 2.75) is 38.6 Å². The molecule has 1 aliphatic rings. The predicted octanol–water partition coefficient (Wildman–Crippen LogP) is 0.777. The molecule has 0 spiro atoms. The van der Waals surface area contributed by atoms with Gasteiger partial charge in [0.05, 0.1) is 0 Å². The molecule has 1 saturated heterocycles. The fourth-order valence-corrected chi connectivity index (χ4v) is 4.29. The van der Waals surface area contributed by atoms with Crippen LogP contribution in [0.3, 0.4) is 0 Å². The molecule has 1 fully saturated rings. The molecule has 1 atom stereocenters. The Hall–Kier alpha value is 0.180. The highest BCUT2D eigenvalue weighted by atomic mass is 32.2. The summed E-state index contributed by atoms with van der Waals surface area (Å²) in [5.41, 5.74) is 5.65. The number of hydrogen-bond acceptors (Lipinski definition) is 4. The molecule has 0 bridgehead atoms. The number of nitrogens with one attached hydrogen (secondary N) is 1. The highest BCUT2D eigenvalue weighted by Crippen LogP contribution is 2.18. The minimum Gasteiger partial charge on any atom is -0.329 e. The maximum absolute atomic E-state index is 12.1. The molecular formula is C11H25N3O2S2. The van der Waals surface area contributed by atoms with Crippen LogP contribution in [0.4, 0.5) is 0 Å². The average Bonchev–Trinajstić information content (AvgIpc) is 2.38. The third kappa shape index (κ3) is 5.05. The number of piperidine rings is 1. The zero-order valence-corrected chi connectivity index (χ0v) is 12.7. The minimum absolute atomic E-state index is 0.0266. The molecule has 1 unspecified atom stereocenters. The summed E-state index contributed by atoms with van der Waals surface area (Å²) in [5.74, 6) is 2.08. The summed E-state index contributed by atoms with van der Waals surface area (Å²) < 4.78 is 28.5. The molecule has 0 saturated carbocycles. The number of nitrogens with zero attached hydrogens (tertiary/aromatic N) is 1. The van der Waals surface area contributed by atoms with Crippen molar-refractivity contribution in [3.8, 4) is 0 Å². The highest BCUT2D eigenvalue weighted by molar-refractivity contribution is 7.99. The van der Waals surface area contributed by atoms with E-state index in [2.05, 4.69) is 11.6 Å². The van der Waals surface area contributed by atoms with E-state index >= 15 is 0 Å².